The highest BCUT2D eigenvalue weighted by Crippen LogP contribution is 2.65. The lowest BCUT2D eigenvalue weighted by Crippen LogP contribution is -2.59. The van der Waals surface area contributed by atoms with E-state index in [1.54, 1.807) is 27.5 Å². The maximum absolute atomic E-state index is 15.1. The van der Waals surface area contributed by atoms with Crippen LogP contribution in [0.1, 0.15) is 85.5 Å². The molecule has 3 unspecified atom stereocenters. The van der Waals surface area contributed by atoms with Crippen molar-refractivity contribution in [3.63, 3.8) is 0 Å². The number of aromatic nitrogens is 1. The average Bonchev–Trinajstić information content (AvgIpc) is 3.63. The van der Waals surface area contributed by atoms with E-state index in [2.05, 4.69) is 54.9 Å². The molecule has 0 amide bonds. The molecule has 8 rings (SSSR count). The molecule has 5 heterocycles. The van der Waals surface area contributed by atoms with E-state index in [-0.39, 0.29) is 103 Å². The fourth-order valence-corrected chi connectivity index (χ4v) is 12.5. The first-order valence-electron chi connectivity index (χ1n) is 22.5. The van der Waals surface area contributed by atoms with Crippen LogP contribution >= 0.6 is 0 Å². The number of rotatable bonds is 10. The van der Waals surface area contributed by atoms with Crippen molar-refractivity contribution in [2.24, 2.45) is 35.5 Å². The Hall–Kier alpha value is -2.49. The number of anilines is 1. The van der Waals surface area contributed by atoms with Gasteiger partial charge in [-0.3, -0.25) is 14.6 Å². The Morgan fingerprint density at radius 1 is 0.881 bits per heavy atom. The molecule has 13 heteroatoms. The number of ketones is 1. The van der Waals surface area contributed by atoms with Gasteiger partial charge < -0.3 is 47.7 Å². The van der Waals surface area contributed by atoms with Crippen molar-refractivity contribution in [2.45, 2.75) is 165 Å². The first-order chi connectivity index (χ1) is 28.5. The zero-order valence-electron chi connectivity index (χ0n) is 36.6. The van der Waals surface area contributed by atoms with Crippen LogP contribution in [0.4, 0.5) is 5.69 Å². The van der Waals surface area contributed by atoms with Gasteiger partial charge in [0.15, 0.2) is 18.4 Å². The van der Waals surface area contributed by atoms with Gasteiger partial charge in [0, 0.05) is 45.4 Å². The van der Waals surface area contributed by atoms with Crippen LogP contribution in [-0.4, -0.2) is 137 Å². The third-order valence-corrected chi connectivity index (χ3v) is 15.4. The van der Waals surface area contributed by atoms with E-state index in [0.29, 0.717) is 18.4 Å². The molecule has 19 atom stereocenters. The number of pyridine rings is 1. The first kappa shape index (κ1) is 43.2. The molecule has 59 heavy (non-hydrogen) atoms. The van der Waals surface area contributed by atoms with Crippen LogP contribution < -0.4 is 4.90 Å². The lowest BCUT2D eigenvalue weighted by molar-refractivity contribution is -0.314. The second-order valence-electron chi connectivity index (χ2n) is 18.7. The number of cyclic esters (lactones) is 1. The second-order valence-corrected chi connectivity index (χ2v) is 18.7. The molecule has 0 aromatic carbocycles. The molecule has 1 aromatic heterocycles. The number of allylic oxidation sites excluding steroid dienone is 2. The Bertz CT molecular complexity index is 1650. The molecule has 0 bridgehead atoms. The van der Waals surface area contributed by atoms with Crippen LogP contribution in [0.3, 0.4) is 0 Å². The summed E-state index contributed by atoms with van der Waals surface area (Å²) in [6, 6.07) is 4.83. The van der Waals surface area contributed by atoms with Gasteiger partial charge in [-0.25, -0.2) is 0 Å². The molecule has 328 valence electrons. The minimum absolute atomic E-state index is 0.0217. The highest BCUT2D eigenvalue weighted by molar-refractivity contribution is 5.99. The summed E-state index contributed by atoms with van der Waals surface area (Å²) in [4.78, 5) is 38.3. The number of fused-ring (bicyclic) bond motifs is 8. The summed E-state index contributed by atoms with van der Waals surface area (Å²) < 4.78 is 50.5. The number of methoxy groups -OCH3 is 3. The monoisotopic (exact) mass is 823 g/mol. The highest BCUT2D eigenvalue weighted by atomic mass is 16.7. The van der Waals surface area contributed by atoms with Crippen molar-refractivity contribution in [3.05, 3.63) is 36.2 Å². The van der Waals surface area contributed by atoms with Gasteiger partial charge in [0.05, 0.1) is 54.8 Å². The smallest absolute Gasteiger partial charge is 0.306 e. The average molecular weight is 824 g/mol. The molecule has 1 aromatic rings. The number of carbonyl (C=O) groups excluding carboxylic acids is 2. The minimum Gasteiger partial charge on any atom is -0.462 e. The Morgan fingerprint density at radius 3 is 2.32 bits per heavy atom. The van der Waals surface area contributed by atoms with Crippen LogP contribution in [0, 0.1) is 35.5 Å². The van der Waals surface area contributed by atoms with Crippen molar-refractivity contribution < 1.29 is 47.5 Å². The lowest BCUT2D eigenvalue weighted by Gasteiger charge is -2.44. The lowest BCUT2D eigenvalue weighted by atomic mass is 9.66. The molecule has 0 radical (unpaired) electrons. The largest absolute Gasteiger partial charge is 0.462 e. The van der Waals surface area contributed by atoms with Crippen LogP contribution in [-0.2, 0) is 47.5 Å². The van der Waals surface area contributed by atoms with Gasteiger partial charge in [-0.05, 0) is 121 Å². The van der Waals surface area contributed by atoms with Crippen LogP contribution in [0.5, 0.6) is 0 Å². The number of esters is 1. The quantitative estimate of drug-likeness (QED) is 0.216. The third-order valence-electron chi connectivity index (χ3n) is 15.4. The summed E-state index contributed by atoms with van der Waals surface area (Å²) in [7, 11) is 9.19. The number of hydrogen-bond acceptors (Lipinski definition) is 13. The summed E-state index contributed by atoms with van der Waals surface area (Å²) in [5.74, 6) is -0.0838. The van der Waals surface area contributed by atoms with E-state index in [0.717, 1.165) is 56.2 Å². The standard InChI is InChI=1S/C46H69N3O10/c1-10-28-14-11-15-36(59-38-17-16-35(48(5)6)25(3)55-38)24(2)42(51)34-21-31-30-19-29(58-46-45(54-9)44(53-8)43(52-7)26(4)56-46)20-33(30)40-41(39(31)32(34)22-37(50)57-28)49(40)27-13-12-18-47-23-27/h12-13,18,21,23-26,28-33,35-36,38-41,43-46H,10-11,14-17,19-20,22H2,1-9H3/t24-,25?,26?,28+,29+,30+,31+,32-,33-,35+,36+,38+,39-,40+,41-,43+,44?,45+,46+,49?/m1/s1. The topological polar surface area (TPSA) is 127 Å². The number of carbonyl (C=O) groups is 2. The van der Waals surface area contributed by atoms with Gasteiger partial charge >= 0.3 is 5.97 Å². The summed E-state index contributed by atoms with van der Waals surface area (Å²) in [6.07, 6.45) is 9.69. The third kappa shape index (κ3) is 8.28. The van der Waals surface area contributed by atoms with E-state index >= 15 is 4.79 Å². The van der Waals surface area contributed by atoms with Crippen molar-refractivity contribution >= 4 is 17.4 Å². The Labute approximate surface area is 351 Å². The van der Waals surface area contributed by atoms with Gasteiger partial charge in [-0.2, -0.15) is 0 Å². The normalized spacial score (nSPS) is 45.0. The van der Waals surface area contributed by atoms with Gasteiger partial charge in [0.25, 0.3) is 0 Å². The van der Waals surface area contributed by atoms with Crippen LogP contribution in [0.15, 0.2) is 36.2 Å². The second kappa shape index (κ2) is 18.1. The first-order valence-corrected chi connectivity index (χ1v) is 22.5. The van der Waals surface area contributed by atoms with Crippen molar-refractivity contribution in [1.82, 2.24) is 9.88 Å². The van der Waals surface area contributed by atoms with Crippen LogP contribution in [0.25, 0.3) is 0 Å². The molecule has 4 saturated heterocycles. The number of nitrogens with zero attached hydrogens (tertiary/aromatic N) is 3. The van der Waals surface area contributed by atoms with E-state index in [1.807, 2.05) is 26.1 Å². The Balaban J connectivity index is 1.10. The molecule has 13 nitrogen and oxygen atoms in total. The fourth-order valence-electron chi connectivity index (χ4n) is 12.5. The van der Waals surface area contributed by atoms with E-state index in [4.69, 9.17) is 37.9 Å². The highest BCUT2D eigenvalue weighted by Gasteiger charge is 2.69. The molecular weight excluding hydrogens is 755 g/mol. The molecule has 0 N–H and O–H groups in total. The number of ether oxygens (including phenoxy) is 8. The molecule has 3 aliphatic carbocycles. The predicted octanol–water partition coefficient (Wildman–Crippen LogP) is 5.58. The van der Waals surface area contributed by atoms with Gasteiger partial charge in [0.1, 0.15) is 24.4 Å². The number of hydrogen-bond donors (Lipinski definition) is 0. The molecule has 0 spiro atoms. The zero-order valence-corrected chi connectivity index (χ0v) is 36.6. The number of likely N-dealkylation sites (N-methyl/N-ethyl adjacent to an activating group) is 1. The van der Waals surface area contributed by atoms with E-state index < -0.39 is 18.3 Å². The summed E-state index contributed by atoms with van der Waals surface area (Å²) in [5, 5.41) is 0. The zero-order chi connectivity index (χ0) is 41.7. The minimum atomic E-state index is -0.626. The van der Waals surface area contributed by atoms with Gasteiger partial charge in [-0.15, -0.1) is 0 Å². The maximum Gasteiger partial charge on any atom is 0.306 e. The van der Waals surface area contributed by atoms with E-state index in [1.165, 1.54) is 0 Å². The van der Waals surface area contributed by atoms with Gasteiger partial charge in [-0.1, -0.05) is 19.9 Å². The molecule has 2 saturated carbocycles. The summed E-state index contributed by atoms with van der Waals surface area (Å²) in [6.45, 7) is 8.21. The van der Waals surface area contributed by atoms with Crippen LogP contribution in [0.2, 0.25) is 0 Å². The fraction of sp³-hybridized carbons (Fsp3) is 0.804. The van der Waals surface area contributed by atoms with E-state index in [9.17, 15) is 4.79 Å². The maximum atomic E-state index is 15.1. The predicted molar refractivity (Wildman–Crippen MR) is 219 cm³/mol. The Morgan fingerprint density at radius 2 is 1.64 bits per heavy atom. The molecule has 7 aliphatic rings. The van der Waals surface area contributed by atoms with Crippen molar-refractivity contribution in [3.8, 4) is 0 Å². The molecule has 4 aliphatic heterocycles. The molecular formula is C46H69N3O10. The van der Waals surface area contributed by atoms with Crippen molar-refractivity contribution in [2.75, 3.05) is 40.3 Å². The van der Waals surface area contributed by atoms with Gasteiger partial charge in [0.2, 0.25) is 0 Å². The van der Waals surface area contributed by atoms with Crippen molar-refractivity contribution in [1.29, 1.82) is 0 Å². The summed E-state index contributed by atoms with van der Waals surface area (Å²) >= 11 is 0. The number of Topliss-reactive ketones (excluding diaryl/α,β-unsaturated/α-hetero) is 1. The Kier molecular flexibility index (Phi) is 13.2. The molecule has 6 fully saturated rings. The SMILES string of the molecule is CC[C@H]1CCC[C@H](O[C@H]2CC[C@H](N(C)C)C(C)O2)[C@@H](C)C(=O)C2=C[C@H]3[C@@H]4C[C@H](O[C@@H]5OC(C)[C@H](OC)C(OC)[C@@H]5OC)C[C@H]4[C@H]4[C@@H]([C@H]3[C@@H]2CC(=O)O1)N4c1cccnc1. The summed E-state index contributed by atoms with van der Waals surface area (Å²) in [5.41, 5.74) is 1.85.